The highest BCUT2D eigenvalue weighted by molar-refractivity contribution is 7.84. The number of nitrogens with one attached hydrogen (secondary N) is 2. The molecule has 0 spiro atoms. The first kappa shape index (κ1) is 16.7. The van der Waals surface area contributed by atoms with Crippen LogP contribution >= 0.6 is 0 Å². The minimum absolute atomic E-state index is 0.253. The molecule has 0 saturated heterocycles. The van der Waals surface area contributed by atoms with Gasteiger partial charge in [-0.15, -0.1) is 0 Å². The molecular weight excluding hydrogens is 276 g/mol. The molecule has 0 heterocycles. The normalized spacial score (nSPS) is 13.6. The summed E-state index contributed by atoms with van der Waals surface area (Å²) in [5.41, 5.74) is 0.947. The second-order valence-corrected chi connectivity index (χ2v) is 5.94. The third kappa shape index (κ3) is 6.16. The van der Waals surface area contributed by atoms with Gasteiger partial charge in [-0.25, -0.2) is 4.79 Å². The third-order valence-electron chi connectivity index (χ3n) is 2.94. The average molecular weight is 298 g/mol. The van der Waals surface area contributed by atoms with E-state index in [4.69, 9.17) is 0 Å². The molecule has 0 aliphatic rings. The van der Waals surface area contributed by atoms with Crippen LogP contribution in [0.4, 0.5) is 4.79 Å². The van der Waals surface area contributed by atoms with Crippen molar-refractivity contribution in [2.75, 3.05) is 12.8 Å². The molecule has 20 heavy (non-hydrogen) atoms. The molecule has 0 aliphatic carbocycles. The molecule has 5 nitrogen and oxygen atoms in total. The number of carbonyl (C=O) groups excluding carboxylic acids is 1. The smallest absolute Gasteiger partial charge is 0.315 e. The van der Waals surface area contributed by atoms with E-state index in [1.165, 1.54) is 0 Å². The summed E-state index contributed by atoms with van der Waals surface area (Å²) >= 11 is 0. The van der Waals surface area contributed by atoms with Crippen molar-refractivity contribution in [1.29, 1.82) is 0 Å². The van der Waals surface area contributed by atoms with Gasteiger partial charge in [-0.3, -0.25) is 4.21 Å². The van der Waals surface area contributed by atoms with Gasteiger partial charge in [0, 0.05) is 35.0 Å². The maximum Gasteiger partial charge on any atom is 0.315 e. The second kappa shape index (κ2) is 8.71. The van der Waals surface area contributed by atoms with Gasteiger partial charge in [-0.05, 0) is 30.5 Å². The first-order valence-electron chi connectivity index (χ1n) is 6.65. The second-order valence-electron chi connectivity index (χ2n) is 4.56. The average Bonchev–Trinajstić information content (AvgIpc) is 2.45. The van der Waals surface area contributed by atoms with Crippen LogP contribution in [0, 0.1) is 0 Å². The number of aliphatic hydroxyl groups is 1. The van der Waals surface area contributed by atoms with Crippen LogP contribution < -0.4 is 10.6 Å². The van der Waals surface area contributed by atoms with Gasteiger partial charge >= 0.3 is 6.03 Å². The molecule has 0 aliphatic heterocycles. The van der Waals surface area contributed by atoms with Crippen LogP contribution in [0.5, 0.6) is 0 Å². The molecular formula is C14H22N2O3S. The summed E-state index contributed by atoms with van der Waals surface area (Å²) < 4.78 is 11.2. The maximum absolute atomic E-state index is 11.5. The molecule has 3 N–H and O–H groups in total. The third-order valence-corrected chi connectivity index (χ3v) is 3.88. The maximum atomic E-state index is 11.5. The van der Waals surface area contributed by atoms with Gasteiger partial charge in [-0.1, -0.05) is 19.1 Å². The Kier molecular flexibility index (Phi) is 7.25. The zero-order valence-corrected chi connectivity index (χ0v) is 12.7. The predicted molar refractivity (Wildman–Crippen MR) is 79.9 cm³/mol. The van der Waals surface area contributed by atoms with Crippen molar-refractivity contribution in [3.05, 3.63) is 29.8 Å². The van der Waals surface area contributed by atoms with E-state index < -0.39 is 10.8 Å². The van der Waals surface area contributed by atoms with Crippen LogP contribution in [0.2, 0.25) is 0 Å². The Hall–Kier alpha value is -1.40. The molecule has 0 fully saturated rings. The zero-order valence-electron chi connectivity index (χ0n) is 11.9. The van der Waals surface area contributed by atoms with Crippen LogP contribution in [0.3, 0.4) is 0 Å². The Bertz CT molecular complexity index is 448. The minimum atomic E-state index is -0.983. The highest BCUT2D eigenvalue weighted by atomic mass is 32.2. The lowest BCUT2D eigenvalue weighted by molar-refractivity contribution is 0.160. The van der Waals surface area contributed by atoms with Crippen LogP contribution in [-0.4, -0.2) is 34.3 Å². The van der Waals surface area contributed by atoms with Crippen molar-refractivity contribution in [3.8, 4) is 0 Å². The molecule has 1 aromatic rings. The van der Waals surface area contributed by atoms with Crippen molar-refractivity contribution in [1.82, 2.24) is 10.6 Å². The summed E-state index contributed by atoms with van der Waals surface area (Å²) in [5, 5.41) is 14.8. The highest BCUT2D eigenvalue weighted by Gasteiger charge is 2.04. The van der Waals surface area contributed by atoms with E-state index in [0.717, 1.165) is 10.5 Å². The molecule has 0 aromatic heterocycles. The monoisotopic (exact) mass is 298 g/mol. The summed E-state index contributed by atoms with van der Waals surface area (Å²) in [6, 6.07) is 7.03. The van der Waals surface area contributed by atoms with E-state index in [9.17, 15) is 14.1 Å². The van der Waals surface area contributed by atoms with E-state index in [1.807, 2.05) is 19.1 Å². The molecule has 0 radical (unpaired) electrons. The predicted octanol–water partition coefficient (Wildman–Crippen LogP) is 1.38. The number of hydrogen-bond acceptors (Lipinski definition) is 3. The summed E-state index contributed by atoms with van der Waals surface area (Å²) in [4.78, 5) is 12.3. The zero-order chi connectivity index (χ0) is 15.0. The quantitative estimate of drug-likeness (QED) is 0.711. The number of urea groups is 1. The van der Waals surface area contributed by atoms with Crippen LogP contribution in [0.25, 0.3) is 0 Å². The Morgan fingerprint density at radius 2 is 1.95 bits per heavy atom. The van der Waals surface area contributed by atoms with Gasteiger partial charge in [0.15, 0.2) is 0 Å². The summed E-state index contributed by atoms with van der Waals surface area (Å²) in [7, 11) is -0.983. The Labute approximate surface area is 122 Å². The van der Waals surface area contributed by atoms with Crippen molar-refractivity contribution < 1.29 is 14.1 Å². The van der Waals surface area contributed by atoms with Crippen molar-refractivity contribution >= 4 is 16.8 Å². The van der Waals surface area contributed by atoms with E-state index in [1.54, 1.807) is 18.4 Å². The van der Waals surface area contributed by atoms with Crippen LogP contribution in [-0.2, 0) is 17.3 Å². The topological polar surface area (TPSA) is 78.4 Å². The van der Waals surface area contributed by atoms with E-state index in [0.29, 0.717) is 25.9 Å². The molecule has 2 atom stereocenters. The van der Waals surface area contributed by atoms with Gasteiger partial charge in [0.1, 0.15) is 0 Å². The Morgan fingerprint density at radius 3 is 2.50 bits per heavy atom. The van der Waals surface area contributed by atoms with E-state index in [-0.39, 0.29) is 12.1 Å². The van der Waals surface area contributed by atoms with Gasteiger partial charge < -0.3 is 15.7 Å². The van der Waals surface area contributed by atoms with Crippen LogP contribution in [0.1, 0.15) is 25.3 Å². The lowest BCUT2D eigenvalue weighted by Crippen LogP contribution is -2.36. The fourth-order valence-electron chi connectivity index (χ4n) is 1.60. The van der Waals surface area contributed by atoms with E-state index in [2.05, 4.69) is 10.6 Å². The van der Waals surface area contributed by atoms with Crippen molar-refractivity contribution in [3.63, 3.8) is 0 Å². The molecule has 0 bridgehead atoms. The van der Waals surface area contributed by atoms with Crippen molar-refractivity contribution in [2.24, 2.45) is 0 Å². The molecule has 0 saturated carbocycles. The highest BCUT2D eigenvalue weighted by Crippen LogP contribution is 2.07. The molecule has 2 unspecified atom stereocenters. The Morgan fingerprint density at radius 1 is 1.30 bits per heavy atom. The first-order valence-corrected chi connectivity index (χ1v) is 8.21. The molecule has 1 rings (SSSR count). The summed E-state index contributed by atoms with van der Waals surface area (Å²) in [6.45, 7) is 2.77. The largest absolute Gasteiger partial charge is 0.393 e. The molecule has 112 valence electrons. The Balaban J connectivity index is 2.28. The number of hydrogen-bond donors (Lipinski definition) is 3. The lowest BCUT2D eigenvalue weighted by Gasteiger charge is -2.10. The summed E-state index contributed by atoms with van der Waals surface area (Å²) in [6.07, 6.45) is 2.51. The fourth-order valence-corrected chi connectivity index (χ4v) is 2.12. The van der Waals surface area contributed by atoms with E-state index >= 15 is 0 Å². The lowest BCUT2D eigenvalue weighted by atomic mass is 10.2. The van der Waals surface area contributed by atoms with Gasteiger partial charge in [0.2, 0.25) is 0 Å². The number of rotatable bonds is 7. The van der Waals surface area contributed by atoms with Gasteiger partial charge in [-0.2, -0.15) is 0 Å². The summed E-state index contributed by atoms with van der Waals surface area (Å²) in [5.74, 6) is 0. The standard InChI is InChI=1S/C14H22N2O3S/c1-3-12(17)8-9-15-14(18)16-10-11-4-6-13(7-5-11)20(2)19/h4-7,12,17H,3,8-10H2,1-2H3,(H2,15,16,18). The first-order chi connectivity index (χ1) is 9.52. The van der Waals surface area contributed by atoms with Gasteiger partial charge in [0.05, 0.1) is 6.10 Å². The SMILES string of the molecule is CCC(O)CCNC(=O)NCc1ccc(S(C)=O)cc1. The van der Waals surface area contributed by atoms with Gasteiger partial charge in [0.25, 0.3) is 0 Å². The van der Waals surface area contributed by atoms with Crippen LogP contribution in [0.15, 0.2) is 29.2 Å². The molecule has 6 heteroatoms. The number of amides is 2. The van der Waals surface area contributed by atoms with Crippen molar-refractivity contribution in [2.45, 2.75) is 37.3 Å². The number of carbonyl (C=O) groups is 1. The molecule has 1 aromatic carbocycles. The molecule has 2 amide bonds. The number of benzene rings is 1. The minimum Gasteiger partial charge on any atom is -0.393 e. The number of aliphatic hydroxyl groups excluding tert-OH is 1. The fraction of sp³-hybridized carbons (Fsp3) is 0.500.